The van der Waals surface area contributed by atoms with Crippen molar-refractivity contribution < 1.29 is 9.53 Å². The molecule has 0 radical (unpaired) electrons. The SMILES string of the molecule is CCCC(COC)NC(=O)C1CCCC(CCN)C1. The van der Waals surface area contributed by atoms with Gasteiger partial charge in [-0.05, 0) is 38.1 Å². The molecule has 3 N–H and O–H groups in total. The maximum atomic E-state index is 12.3. The quantitative estimate of drug-likeness (QED) is 0.709. The molecule has 19 heavy (non-hydrogen) atoms. The van der Waals surface area contributed by atoms with E-state index in [0.29, 0.717) is 12.5 Å². The zero-order chi connectivity index (χ0) is 14.1. The Bertz CT molecular complexity index is 251. The van der Waals surface area contributed by atoms with Crippen LogP contribution in [-0.4, -0.2) is 32.2 Å². The molecular weight excluding hydrogens is 240 g/mol. The molecule has 0 saturated heterocycles. The number of carbonyl (C=O) groups is 1. The molecule has 0 aromatic heterocycles. The molecule has 1 fully saturated rings. The number of nitrogens with two attached hydrogens (primary N) is 1. The lowest BCUT2D eigenvalue weighted by molar-refractivity contribution is -0.127. The van der Waals surface area contributed by atoms with Crippen LogP contribution in [0.3, 0.4) is 0 Å². The van der Waals surface area contributed by atoms with E-state index in [1.165, 1.54) is 6.42 Å². The van der Waals surface area contributed by atoms with E-state index < -0.39 is 0 Å². The van der Waals surface area contributed by atoms with Crippen molar-refractivity contribution >= 4 is 5.91 Å². The number of rotatable bonds is 8. The highest BCUT2D eigenvalue weighted by Crippen LogP contribution is 2.31. The molecule has 0 spiro atoms. The first-order valence-electron chi connectivity index (χ1n) is 7.70. The summed E-state index contributed by atoms with van der Waals surface area (Å²) in [5.74, 6) is 1.04. The highest BCUT2D eigenvalue weighted by molar-refractivity contribution is 5.79. The van der Waals surface area contributed by atoms with Crippen molar-refractivity contribution in [2.24, 2.45) is 17.6 Å². The fourth-order valence-electron chi connectivity index (χ4n) is 3.09. The standard InChI is InChI=1S/C15H30N2O2/c1-3-5-14(11-19-2)17-15(18)13-7-4-6-12(10-13)8-9-16/h12-14H,3-11,16H2,1-2H3,(H,17,18). The Morgan fingerprint density at radius 2 is 2.26 bits per heavy atom. The molecule has 0 aliphatic heterocycles. The second-order valence-electron chi connectivity index (χ2n) is 5.76. The van der Waals surface area contributed by atoms with Gasteiger partial charge in [-0.3, -0.25) is 4.79 Å². The minimum atomic E-state index is 0.164. The maximum Gasteiger partial charge on any atom is 0.223 e. The summed E-state index contributed by atoms with van der Waals surface area (Å²) in [4.78, 5) is 12.3. The summed E-state index contributed by atoms with van der Waals surface area (Å²) in [6.07, 6.45) is 7.53. The zero-order valence-corrected chi connectivity index (χ0v) is 12.5. The summed E-state index contributed by atoms with van der Waals surface area (Å²) in [6, 6.07) is 0.164. The second kappa shape index (κ2) is 9.32. The Hall–Kier alpha value is -0.610. The summed E-state index contributed by atoms with van der Waals surface area (Å²) < 4.78 is 5.17. The van der Waals surface area contributed by atoms with Crippen LogP contribution in [0.15, 0.2) is 0 Å². The first kappa shape index (κ1) is 16.4. The molecular formula is C15H30N2O2. The van der Waals surface area contributed by atoms with Crippen molar-refractivity contribution in [2.45, 2.75) is 57.9 Å². The predicted molar refractivity (Wildman–Crippen MR) is 77.8 cm³/mol. The van der Waals surface area contributed by atoms with Gasteiger partial charge < -0.3 is 15.8 Å². The van der Waals surface area contributed by atoms with Crippen molar-refractivity contribution in [1.29, 1.82) is 0 Å². The number of nitrogens with one attached hydrogen (secondary N) is 1. The van der Waals surface area contributed by atoms with Crippen molar-refractivity contribution in [3.8, 4) is 0 Å². The van der Waals surface area contributed by atoms with Crippen molar-refractivity contribution in [1.82, 2.24) is 5.32 Å². The first-order valence-corrected chi connectivity index (χ1v) is 7.70. The molecule has 0 aromatic carbocycles. The summed E-state index contributed by atoms with van der Waals surface area (Å²) in [7, 11) is 1.69. The molecule has 3 unspecified atom stereocenters. The van der Waals surface area contributed by atoms with Crippen LogP contribution in [0.4, 0.5) is 0 Å². The van der Waals surface area contributed by atoms with Gasteiger partial charge >= 0.3 is 0 Å². The van der Waals surface area contributed by atoms with Gasteiger partial charge in [0.1, 0.15) is 0 Å². The van der Waals surface area contributed by atoms with Crippen LogP contribution < -0.4 is 11.1 Å². The van der Waals surface area contributed by atoms with E-state index in [2.05, 4.69) is 12.2 Å². The lowest BCUT2D eigenvalue weighted by Gasteiger charge is -2.29. The lowest BCUT2D eigenvalue weighted by Crippen LogP contribution is -2.42. The van der Waals surface area contributed by atoms with Crippen LogP contribution in [0.2, 0.25) is 0 Å². The highest BCUT2D eigenvalue weighted by Gasteiger charge is 2.27. The zero-order valence-electron chi connectivity index (χ0n) is 12.5. The fourth-order valence-corrected chi connectivity index (χ4v) is 3.09. The molecule has 1 amide bonds. The van der Waals surface area contributed by atoms with Gasteiger partial charge in [0.2, 0.25) is 5.91 Å². The topological polar surface area (TPSA) is 64.3 Å². The molecule has 0 bridgehead atoms. The van der Waals surface area contributed by atoms with Crippen molar-refractivity contribution in [2.75, 3.05) is 20.3 Å². The maximum absolute atomic E-state index is 12.3. The van der Waals surface area contributed by atoms with Crippen LogP contribution >= 0.6 is 0 Å². The molecule has 3 atom stereocenters. The van der Waals surface area contributed by atoms with Gasteiger partial charge in [0.25, 0.3) is 0 Å². The molecule has 4 nitrogen and oxygen atoms in total. The third-order valence-electron chi connectivity index (χ3n) is 4.08. The lowest BCUT2D eigenvalue weighted by atomic mass is 9.79. The highest BCUT2D eigenvalue weighted by atomic mass is 16.5. The summed E-state index contributed by atoms with van der Waals surface area (Å²) >= 11 is 0. The number of carbonyl (C=O) groups excluding carboxylic acids is 1. The van der Waals surface area contributed by atoms with Crippen LogP contribution in [0.25, 0.3) is 0 Å². The van der Waals surface area contributed by atoms with Gasteiger partial charge in [0.15, 0.2) is 0 Å². The van der Waals surface area contributed by atoms with Gasteiger partial charge in [-0.2, -0.15) is 0 Å². The van der Waals surface area contributed by atoms with Crippen LogP contribution in [0.5, 0.6) is 0 Å². The second-order valence-corrected chi connectivity index (χ2v) is 5.76. The Balaban J connectivity index is 2.42. The number of hydrogen-bond donors (Lipinski definition) is 2. The minimum Gasteiger partial charge on any atom is -0.383 e. The fraction of sp³-hybridized carbons (Fsp3) is 0.933. The summed E-state index contributed by atoms with van der Waals surface area (Å²) in [6.45, 7) is 3.48. The number of amides is 1. The number of hydrogen-bond acceptors (Lipinski definition) is 3. The average molecular weight is 270 g/mol. The number of ether oxygens (including phenoxy) is 1. The molecule has 112 valence electrons. The Labute approximate surface area is 117 Å². The van der Waals surface area contributed by atoms with Crippen molar-refractivity contribution in [3.05, 3.63) is 0 Å². The van der Waals surface area contributed by atoms with Crippen LogP contribution in [-0.2, 0) is 9.53 Å². The molecule has 0 aromatic rings. The molecule has 1 aliphatic carbocycles. The molecule has 0 heterocycles. The van der Waals surface area contributed by atoms with Crippen molar-refractivity contribution in [3.63, 3.8) is 0 Å². The van der Waals surface area contributed by atoms with Crippen LogP contribution in [0, 0.1) is 11.8 Å². The predicted octanol–water partition coefficient (Wildman–Crippen LogP) is 2.07. The smallest absolute Gasteiger partial charge is 0.223 e. The molecule has 1 saturated carbocycles. The summed E-state index contributed by atoms with van der Waals surface area (Å²) in [5.41, 5.74) is 5.62. The van der Waals surface area contributed by atoms with E-state index in [0.717, 1.165) is 45.1 Å². The normalized spacial score (nSPS) is 25.0. The first-order chi connectivity index (χ1) is 9.21. The largest absolute Gasteiger partial charge is 0.383 e. The Kier molecular flexibility index (Phi) is 8.07. The third-order valence-corrected chi connectivity index (χ3v) is 4.08. The Morgan fingerprint density at radius 3 is 2.89 bits per heavy atom. The van der Waals surface area contributed by atoms with E-state index in [1.54, 1.807) is 7.11 Å². The molecule has 1 aliphatic rings. The Morgan fingerprint density at radius 1 is 1.47 bits per heavy atom. The van der Waals surface area contributed by atoms with Gasteiger partial charge in [-0.15, -0.1) is 0 Å². The van der Waals surface area contributed by atoms with Crippen LogP contribution in [0.1, 0.15) is 51.9 Å². The van der Waals surface area contributed by atoms with E-state index in [4.69, 9.17) is 10.5 Å². The van der Waals surface area contributed by atoms with E-state index >= 15 is 0 Å². The van der Waals surface area contributed by atoms with Gasteiger partial charge in [0, 0.05) is 13.0 Å². The molecule has 4 heteroatoms. The monoisotopic (exact) mass is 270 g/mol. The summed E-state index contributed by atoms with van der Waals surface area (Å²) in [5, 5.41) is 3.16. The average Bonchev–Trinajstić information content (AvgIpc) is 2.40. The van der Waals surface area contributed by atoms with E-state index in [-0.39, 0.29) is 17.9 Å². The number of methoxy groups -OCH3 is 1. The van der Waals surface area contributed by atoms with E-state index in [1.807, 2.05) is 0 Å². The van der Waals surface area contributed by atoms with Gasteiger partial charge in [-0.25, -0.2) is 0 Å². The third kappa shape index (κ3) is 5.91. The van der Waals surface area contributed by atoms with Gasteiger partial charge in [-0.1, -0.05) is 26.2 Å². The molecule has 1 rings (SSSR count). The van der Waals surface area contributed by atoms with Gasteiger partial charge in [0.05, 0.1) is 12.6 Å². The van der Waals surface area contributed by atoms with E-state index in [9.17, 15) is 4.79 Å². The minimum absolute atomic E-state index is 0.164.